The first kappa shape index (κ1) is 55.9. The maximum Gasteiger partial charge on any atom is 0.472 e. The van der Waals surface area contributed by atoms with Gasteiger partial charge >= 0.3 is 25.7 Å². The lowest BCUT2D eigenvalue weighted by atomic mass is 10.1. The van der Waals surface area contributed by atoms with Crippen molar-refractivity contribution in [2.24, 2.45) is 5.73 Å². The minimum atomic E-state index is -4.75. The van der Waals surface area contributed by atoms with Crippen LogP contribution in [0.2, 0.25) is 0 Å². The monoisotopic (exact) mass is 852 g/mol. The van der Waals surface area contributed by atoms with E-state index in [-0.39, 0.29) is 19.4 Å². The van der Waals surface area contributed by atoms with Gasteiger partial charge in [-0.2, -0.15) is 0 Å². The van der Waals surface area contributed by atoms with Gasteiger partial charge in [0.2, 0.25) is 0 Å². The van der Waals surface area contributed by atoms with Crippen molar-refractivity contribution in [2.45, 2.75) is 180 Å². The van der Waals surface area contributed by atoms with Crippen molar-refractivity contribution in [3.63, 3.8) is 0 Å². The number of carbonyl (C=O) groups excluding carboxylic acids is 2. The number of hydrogen-bond acceptors (Lipinski definition) is 10. The highest BCUT2D eigenvalue weighted by atomic mass is 31.2. The van der Waals surface area contributed by atoms with Crippen LogP contribution < -0.4 is 5.73 Å². The number of aliphatic hydroxyl groups is 1. The summed E-state index contributed by atoms with van der Waals surface area (Å²) in [6, 6.07) is -1.54. The molecule has 0 saturated carbocycles. The van der Waals surface area contributed by atoms with Crippen molar-refractivity contribution in [3.05, 3.63) is 72.9 Å². The van der Waals surface area contributed by atoms with E-state index in [4.69, 9.17) is 24.8 Å². The van der Waals surface area contributed by atoms with E-state index in [9.17, 15) is 28.9 Å². The number of hydrogen-bond donors (Lipinski definition) is 4. The molecule has 4 atom stereocenters. The maximum atomic E-state index is 12.6. The Morgan fingerprint density at radius 2 is 1.12 bits per heavy atom. The fourth-order valence-corrected chi connectivity index (χ4v) is 6.27. The molecule has 59 heavy (non-hydrogen) atoms. The summed E-state index contributed by atoms with van der Waals surface area (Å²) in [5.74, 6) is -2.50. The Kier molecular flexibility index (Phi) is 38.2. The highest BCUT2D eigenvalue weighted by Gasteiger charge is 2.28. The van der Waals surface area contributed by atoms with E-state index in [2.05, 4.69) is 42.7 Å². The number of carbonyl (C=O) groups is 3. The standard InChI is InChI=1S/C46H78NO11P/c1-3-5-7-8-9-10-11-12-13-14-15-16-19-22-25-28-32-36-44(49)55-38-42(39-56-59(53,54)57-40-43(47)46(51)52)58-45(50)37-33-29-26-23-20-17-18-21-24-27-31-35-41(48)34-30-6-4-2/h9-10,12-13,17-18,23-24,26-27,31,35,41-43,48H,3-8,11,14-16,19-22,25,28-30,32-34,36-40,47H2,1-2H3,(H,51,52)(H,53,54)/b10-9-,13-12-,18-17-,26-23-,27-24-,35-31+/t41-,42+,43-/m0/s1. The van der Waals surface area contributed by atoms with Crippen molar-refractivity contribution in [1.82, 2.24) is 0 Å². The van der Waals surface area contributed by atoms with Gasteiger partial charge in [0.25, 0.3) is 0 Å². The number of carboxylic acids is 1. The number of unbranched alkanes of at least 4 members (excludes halogenated alkanes) is 13. The van der Waals surface area contributed by atoms with Gasteiger partial charge in [-0.25, -0.2) is 4.57 Å². The number of esters is 2. The van der Waals surface area contributed by atoms with Crippen LogP contribution in [0.25, 0.3) is 0 Å². The molecule has 0 rings (SSSR count). The largest absolute Gasteiger partial charge is 0.480 e. The molecule has 0 radical (unpaired) electrons. The lowest BCUT2D eigenvalue weighted by Crippen LogP contribution is -2.34. The zero-order valence-electron chi connectivity index (χ0n) is 36.2. The molecular weight excluding hydrogens is 773 g/mol. The molecule has 13 heteroatoms. The van der Waals surface area contributed by atoms with Crippen LogP contribution >= 0.6 is 7.82 Å². The predicted octanol–water partition coefficient (Wildman–Crippen LogP) is 10.7. The van der Waals surface area contributed by atoms with Crippen LogP contribution in [0.15, 0.2) is 72.9 Å². The molecule has 0 aromatic heterocycles. The highest BCUT2D eigenvalue weighted by Crippen LogP contribution is 2.43. The van der Waals surface area contributed by atoms with E-state index in [0.717, 1.165) is 77.0 Å². The summed E-state index contributed by atoms with van der Waals surface area (Å²) < 4.78 is 32.6. The highest BCUT2D eigenvalue weighted by molar-refractivity contribution is 7.47. The molecule has 0 heterocycles. The molecule has 338 valence electrons. The smallest absolute Gasteiger partial charge is 0.472 e. The Hall–Kier alpha value is -3.12. The fourth-order valence-electron chi connectivity index (χ4n) is 5.49. The fraction of sp³-hybridized carbons (Fsp3) is 0.674. The summed E-state index contributed by atoms with van der Waals surface area (Å²) in [5.41, 5.74) is 5.33. The van der Waals surface area contributed by atoms with Gasteiger partial charge in [0.15, 0.2) is 6.10 Å². The van der Waals surface area contributed by atoms with Crippen LogP contribution in [0.4, 0.5) is 0 Å². The number of phosphoric ester groups is 1. The third kappa shape index (κ3) is 40.1. The molecule has 0 amide bonds. The summed E-state index contributed by atoms with van der Waals surface area (Å²) in [6.07, 6.45) is 44.4. The van der Waals surface area contributed by atoms with Crippen molar-refractivity contribution >= 4 is 25.7 Å². The first-order valence-corrected chi connectivity index (χ1v) is 23.6. The number of allylic oxidation sites excluding steroid dienone is 11. The first-order chi connectivity index (χ1) is 28.5. The van der Waals surface area contributed by atoms with E-state index in [1.165, 1.54) is 38.5 Å². The number of phosphoric acid groups is 1. The topological polar surface area (TPSA) is 192 Å². The maximum absolute atomic E-state index is 12.6. The van der Waals surface area contributed by atoms with E-state index in [0.29, 0.717) is 19.3 Å². The van der Waals surface area contributed by atoms with Crippen LogP contribution in [-0.2, 0) is 37.5 Å². The van der Waals surface area contributed by atoms with Gasteiger partial charge in [-0.1, -0.05) is 151 Å². The van der Waals surface area contributed by atoms with Gasteiger partial charge in [0, 0.05) is 12.8 Å². The summed E-state index contributed by atoms with van der Waals surface area (Å²) in [4.78, 5) is 46.0. The normalized spacial score (nSPS) is 14.9. The molecule has 0 fully saturated rings. The lowest BCUT2D eigenvalue weighted by Gasteiger charge is -2.20. The summed E-state index contributed by atoms with van der Waals surface area (Å²) in [5, 5.41) is 18.8. The van der Waals surface area contributed by atoms with Crippen LogP contribution in [0.1, 0.15) is 162 Å². The van der Waals surface area contributed by atoms with Gasteiger partial charge in [0.1, 0.15) is 12.6 Å². The Morgan fingerprint density at radius 1 is 0.610 bits per heavy atom. The first-order valence-electron chi connectivity index (χ1n) is 22.1. The molecule has 12 nitrogen and oxygen atoms in total. The van der Waals surface area contributed by atoms with Crippen molar-refractivity contribution in [1.29, 1.82) is 0 Å². The molecule has 0 aromatic rings. The van der Waals surface area contributed by atoms with Crippen molar-refractivity contribution < 1.29 is 52.6 Å². The molecular formula is C46H78NO11P. The molecule has 0 bridgehead atoms. The molecule has 0 aliphatic carbocycles. The zero-order chi connectivity index (χ0) is 43.7. The number of aliphatic carboxylic acids is 1. The van der Waals surface area contributed by atoms with Crippen LogP contribution in [0, 0.1) is 0 Å². The van der Waals surface area contributed by atoms with E-state index in [1.807, 2.05) is 48.6 Å². The van der Waals surface area contributed by atoms with E-state index < -0.39 is 57.2 Å². The summed E-state index contributed by atoms with van der Waals surface area (Å²) in [6.45, 7) is 2.57. The Morgan fingerprint density at radius 3 is 1.75 bits per heavy atom. The van der Waals surface area contributed by atoms with Gasteiger partial charge in [-0.3, -0.25) is 23.4 Å². The summed E-state index contributed by atoms with van der Waals surface area (Å²) >= 11 is 0. The molecule has 0 spiro atoms. The summed E-state index contributed by atoms with van der Waals surface area (Å²) in [7, 11) is -4.75. The molecule has 5 N–H and O–H groups in total. The number of carboxylic acid groups (broad SMARTS) is 1. The average Bonchev–Trinajstić information content (AvgIpc) is 3.20. The molecule has 0 saturated heterocycles. The lowest BCUT2D eigenvalue weighted by molar-refractivity contribution is -0.161. The van der Waals surface area contributed by atoms with Crippen LogP contribution in [-0.4, -0.2) is 71.1 Å². The molecule has 1 unspecified atom stereocenters. The molecule has 0 aromatic carbocycles. The zero-order valence-corrected chi connectivity index (χ0v) is 37.1. The minimum absolute atomic E-state index is 0.0601. The quantitative estimate of drug-likeness (QED) is 0.0150. The van der Waals surface area contributed by atoms with Gasteiger partial charge in [0.05, 0.1) is 19.3 Å². The third-order valence-corrected chi connectivity index (χ3v) is 9.98. The Bertz CT molecular complexity index is 1290. The second-order valence-electron chi connectivity index (χ2n) is 14.7. The minimum Gasteiger partial charge on any atom is -0.480 e. The second kappa shape index (κ2) is 40.3. The van der Waals surface area contributed by atoms with Gasteiger partial charge in [-0.15, -0.1) is 0 Å². The van der Waals surface area contributed by atoms with Crippen molar-refractivity contribution in [2.75, 3.05) is 19.8 Å². The van der Waals surface area contributed by atoms with Crippen LogP contribution in [0.5, 0.6) is 0 Å². The predicted molar refractivity (Wildman–Crippen MR) is 237 cm³/mol. The SMILES string of the molecule is CCCCC/C=C\C/C=C\CCCCCCCCCC(=O)OC[C@H](COP(=O)(O)OC[C@H](N)C(=O)O)OC(=O)CCC/C=C\C/C=C\C/C=C\C=C\[C@@H](O)CCCCC. The van der Waals surface area contributed by atoms with E-state index in [1.54, 1.807) is 0 Å². The third-order valence-electron chi connectivity index (χ3n) is 9.03. The average molecular weight is 852 g/mol. The Balaban J connectivity index is 4.52. The van der Waals surface area contributed by atoms with Gasteiger partial charge < -0.3 is 30.3 Å². The Labute approximate surface area is 355 Å². The number of nitrogens with two attached hydrogens (primary N) is 1. The molecule has 0 aliphatic rings. The number of ether oxygens (including phenoxy) is 2. The second-order valence-corrected chi connectivity index (χ2v) is 16.1. The van der Waals surface area contributed by atoms with E-state index >= 15 is 0 Å². The number of rotatable bonds is 40. The van der Waals surface area contributed by atoms with Crippen LogP contribution in [0.3, 0.4) is 0 Å². The van der Waals surface area contributed by atoms with Crippen molar-refractivity contribution in [3.8, 4) is 0 Å². The number of aliphatic hydroxyl groups excluding tert-OH is 1. The molecule has 0 aliphatic heterocycles. The van der Waals surface area contributed by atoms with Gasteiger partial charge in [-0.05, 0) is 70.6 Å².